The monoisotopic (exact) mass is 409 g/mol. The number of benzene rings is 1. The first kappa shape index (κ1) is 21.4. The van der Waals surface area contributed by atoms with Crippen molar-refractivity contribution in [3.63, 3.8) is 0 Å². The Morgan fingerprint density at radius 2 is 2.11 bits per heavy atom. The molecule has 10 heteroatoms. The second kappa shape index (κ2) is 9.84. The number of rotatable bonds is 9. The molecule has 0 aliphatic heterocycles. The fourth-order valence-electron chi connectivity index (χ4n) is 2.51. The highest BCUT2D eigenvalue weighted by Crippen LogP contribution is 2.24. The first-order valence-electron chi connectivity index (χ1n) is 8.63. The average Bonchev–Trinajstić information content (AvgIpc) is 3.14. The van der Waals surface area contributed by atoms with Gasteiger partial charge in [-0.05, 0) is 12.5 Å². The van der Waals surface area contributed by atoms with Crippen LogP contribution in [0.3, 0.4) is 0 Å². The lowest BCUT2D eigenvalue weighted by atomic mass is 10.1. The highest BCUT2D eigenvalue weighted by Gasteiger charge is 2.23. The maximum absolute atomic E-state index is 13.0. The second-order valence-corrected chi connectivity index (χ2v) is 6.38. The summed E-state index contributed by atoms with van der Waals surface area (Å²) in [6.45, 7) is 2.47. The molecule has 0 radical (unpaired) electrons. The highest BCUT2D eigenvalue weighted by atomic mass is 35.5. The number of aromatic nitrogens is 1. The Balaban J connectivity index is 2.24. The predicted molar refractivity (Wildman–Crippen MR) is 100 cm³/mol. The van der Waals surface area contributed by atoms with Crippen LogP contribution in [-0.4, -0.2) is 40.3 Å². The van der Waals surface area contributed by atoms with Gasteiger partial charge in [-0.1, -0.05) is 31.4 Å². The Morgan fingerprint density at radius 1 is 1.36 bits per heavy atom. The molecule has 1 amide bonds. The van der Waals surface area contributed by atoms with Gasteiger partial charge < -0.3 is 14.1 Å². The molecule has 28 heavy (non-hydrogen) atoms. The smallest absolute Gasteiger partial charge is 0.360 e. The van der Waals surface area contributed by atoms with E-state index in [2.05, 4.69) is 9.72 Å². The molecule has 150 valence electrons. The molecule has 1 heterocycles. The number of hydrogen-bond donors (Lipinski definition) is 0. The van der Waals surface area contributed by atoms with Crippen LogP contribution in [0.1, 0.15) is 52.9 Å². The Hall–Kier alpha value is -2.94. The molecule has 0 atom stereocenters. The van der Waals surface area contributed by atoms with Crippen LogP contribution in [-0.2, 0) is 11.3 Å². The number of non-ortho nitro benzene ring substituents is 1. The summed E-state index contributed by atoms with van der Waals surface area (Å²) in [4.78, 5) is 40.3. The summed E-state index contributed by atoms with van der Waals surface area (Å²) in [7, 11) is 1.23. The normalized spacial score (nSPS) is 10.5. The van der Waals surface area contributed by atoms with E-state index in [0.717, 1.165) is 31.6 Å². The van der Waals surface area contributed by atoms with E-state index >= 15 is 0 Å². The number of amides is 1. The van der Waals surface area contributed by atoms with E-state index in [-0.39, 0.29) is 34.4 Å². The average molecular weight is 410 g/mol. The second-order valence-electron chi connectivity index (χ2n) is 5.97. The summed E-state index contributed by atoms with van der Waals surface area (Å²) in [6.07, 6.45) is 3.79. The molecule has 0 spiro atoms. The molecule has 1 aromatic heterocycles. The van der Waals surface area contributed by atoms with Gasteiger partial charge in [-0.2, -0.15) is 0 Å². The van der Waals surface area contributed by atoms with Crippen molar-refractivity contribution in [1.82, 2.24) is 9.88 Å². The number of halogens is 1. The van der Waals surface area contributed by atoms with Crippen LogP contribution in [0.5, 0.6) is 0 Å². The minimum Gasteiger partial charge on any atom is -0.464 e. The van der Waals surface area contributed by atoms with E-state index in [4.69, 9.17) is 16.0 Å². The number of nitrogens with zero attached hydrogens (tertiary/aromatic N) is 3. The molecular formula is C18H20ClN3O6. The molecule has 0 saturated heterocycles. The molecule has 9 nitrogen and oxygen atoms in total. The van der Waals surface area contributed by atoms with Crippen molar-refractivity contribution in [2.45, 2.75) is 32.7 Å². The number of methoxy groups -OCH3 is 1. The van der Waals surface area contributed by atoms with Crippen molar-refractivity contribution < 1.29 is 23.7 Å². The van der Waals surface area contributed by atoms with Gasteiger partial charge in [-0.3, -0.25) is 14.9 Å². The fraction of sp³-hybridized carbons (Fsp3) is 0.389. The predicted octanol–water partition coefficient (Wildman–Crippen LogP) is 3.86. The Bertz CT molecular complexity index is 867. The third-order valence-corrected chi connectivity index (χ3v) is 4.30. The standard InChI is InChI=1S/C18H20ClN3O6/c1-3-4-5-8-21(10-16-20-15(11-28-16)18(24)27-2)17(23)13-7-6-12(22(25)26)9-14(13)19/h6-7,9,11H,3-5,8,10H2,1-2H3. The minimum atomic E-state index is -0.641. The quantitative estimate of drug-likeness (QED) is 0.267. The maximum atomic E-state index is 13.0. The van der Waals surface area contributed by atoms with E-state index in [0.29, 0.717) is 6.54 Å². The van der Waals surface area contributed by atoms with Gasteiger partial charge in [0.15, 0.2) is 5.69 Å². The number of unbranched alkanes of at least 4 members (excludes halogenated alkanes) is 2. The van der Waals surface area contributed by atoms with Crippen molar-refractivity contribution in [3.8, 4) is 0 Å². The van der Waals surface area contributed by atoms with Crippen molar-refractivity contribution in [2.24, 2.45) is 0 Å². The first-order chi connectivity index (χ1) is 13.4. The van der Waals surface area contributed by atoms with Gasteiger partial charge >= 0.3 is 5.97 Å². The topological polar surface area (TPSA) is 116 Å². The van der Waals surface area contributed by atoms with Crippen LogP contribution in [0.2, 0.25) is 5.02 Å². The summed E-state index contributed by atoms with van der Waals surface area (Å²) < 4.78 is 9.85. The molecule has 1 aromatic carbocycles. The van der Waals surface area contributed by atoms with Gasteiger partial charge in [0.25, 0.3) is 11.6 Å². The largest absolute Gasteiger partial charge is 0.464 e. The van der Waals surface area contributed by atoms with E-state index in [1.807, 2.05) is 6.92 Å². The van der Waals surface area contributed by atoms with Gasteiger partial charge in [-0.25, -0.2) is 9.78 Å². The Morgan fingerprint density at radius 3 is 2.71 bits per heavy atom. The zero-order valence-corrected chi connectivity index (χ0v) is 16.3. The van der Waals surface area contributed by atoms with E-state index in [9.17, 15) is 19.7 Å². The van der Waals surface area contributed by atoms with Crippen LogP contribution >= 0.6 is 11.6 Å². The van der Waals surface area contributed by atoms with Gasteiger partial charge in [0, 0.05) is 18.7 Å². The maximum Gasteiger partial charge on any atom is 0.360 e. The van der Waals surface area contributed by atoms with Crippen LogP contribution in [0.4, 0.5) is 5.69 Å². The summed E-state index contributed by atoms with van der Waals surface area (Å²) in [6, 6.07) is 3.69. The zero-order chi connectivity index (χ0) is 20.7. The number of oxazole rings is 1. The van der Waals surface area contributed by atoms with Crippen LogP contribution in [0.25, 0.3) is 0 Å². The molecule has 0 N–H and O–H groups in total. The minimum absolute atomic E-state index is 0.00632. The molecule has 0 bridgehead atoms. The van der Waals surface area contributed by atoms with Gasteiger partial charge in [-0.15, -0.1) is 0 Å². The number of esters is 1. The highest BCUT2D eigenvalue weighted by molar-refractivity contribution is 6.34. The molecular weight excluding hydrogens is 390 g/mol. The van der Waals surface area contributed by atoms with Crippen molar-refractivity contribution in [3.05, 3.63) is 56.7 Å². The van der Waals surface area contributed by atoms with Gasteiger partial charge in [0.2, 0.25) is 5.89 Å². The molecule has 2 rings (SSSR count). The summed E-state index contributed by atoms with van der Waals surface area (Å²) in [5, 5.41) is 10.8. The molecule has 0 unspecified atom stereocenters. The number of nitro benzene ring substituents is 1. The molecule has 0 fully saturated rings. The lowest BCUT2D eigenvalue weighted by Crippen LogP contribution is -2.32. The van der Waals surface area contributed by atoms with Crippen LogP contribution < -0.4 is 0 Å². The first-order valence-corrected chi connectivity index (χ1v) is 9.01. The molecule has 0 aliphatic carbocycles. The summed E-state index contributed by atoms with van der Waals surface area (Å²) in [5.41, 5.74) is -0.0511. The fourth-order valence-corrected chi connectivity index (χ4v) is 2.77. The number of hydrogen-bond acceptors (Lipinski definition) is 7. The Labute approximate surface area is 166 Å². The lowest BCUT2D eigenvalue weighted by Gasteiger charge is -2.21. The Kier molecular flexibility index (Phi) is 7.51. The van der Waals surface area contributed by atoms with E-state index in [1.165, 1.54) is 24.1 Å². The number of ether oxygens (including phenoxy) is 1. The van der Waals surface area contributed by atoms with Crippen molar-refractivity contribution >= 4 is 29.2 Å². The van der Waals surface area contributed by atoms with Crippen LogP contribution in [0, 0.1) is 10.1 Å². The molecule has 0 aliphatic rings. The van der Waals surface area contributed by atoms with Gasteiger partial charge in [0.05, 0.1) is 29.2 Å². The van der Waals surface area contributed by atoms with Gasteiger partial charge in [0.1, 0.15) is 6.26 Å². The van der Waals surface area contributed by atoms with Crippen LogP contribution in [0.15, 0.2) is 28.9 Å². The summed E-state index contributed by atoms with van der Waals surface area (Å²) in [5.74, 6) is -0.880. The SMILES string of the molecule is CCCCCN(Cc1nc(C(=O)OC)co1)C(=O)c1ccc([N+](=O)[O-])cc1Cl. The third-order valence-electron chi connectivity index (χ3n) is 3.99. The number of nitro groups is 1. The molecule has 0 saturated carbocycles. The van der Waals surface area contributed by atoms with Crippen molar-refractivity contribution in [2.75, 3.05) is 13.7 Å². The number of carbonyl (C=O) groups excluding carboxylic acids is 2. The lowest BCUT2D eigenvalue weighted by molar-refractivity contribution is -0.384. The molecule has 2 aromatic rings. The zero-order valence-electron chi connectivity index (χ0n) is 15.5. The number of carbonyl (C=O) groups is 2. The van der Waals surface area contributed by atoms with E-state index in [1.54, 1.807) is 0 Å². The van der Waals surface area contributed by atoms with Crippen molar-refractivity contribution in [1.29, 1.82) is 0 Å². The third kappa shape index (κ3) is 5.29. The van der Waals surface area contributed by atoms with E-state index < -0.39 is 16.8 Å². The summed E-state index contributed by atoms with van der Waals surface area (Å²) >= 11 is 6.09.